The maximum atomic E-state index is 12.5. The second-order valence-corrected chi connectivity index (χ2v) is 7.64. The molecule has 0 N–H and O–H groups in total. The zero-order valence-corrected chi connectivity index (χ0v) is 17.3. The average Bonchev–Trinajstić information content (AvgIpc) is 2.85. The Hall–Kier alpha value is -3.78. The summed E-state index contributed by atoms with van der Waals surface area (Å²) in [6.45, 7) is 0. The van der Waals surface area contributed by atoms with Crippen LogP contribution in [0.25, 0.3) is 0 Å². The van der Waals surface area contributed by atoms with Gasteiger partial charge in [-0.25, -0.2) is 0 Å². The highest BCUT2D eigenvalue weighted by molar-refractivity contribution is 6.09. The molecule has 0 bridgehead atoms. The van der Waals surface area contributed by atoms with Gasteiger partial charge in [-0.15, -0.1) is 0 Å². The van der Waals surface area contributed by atoms with Gasteiger partial charge in [0.2, 0.25) is 0 Å². The summed E-state index contributed by atoms with van der Waals surface area (Å²) < 4.78 is 0. The van der Waals surface area contributed by atoms with Gasteiger partial charge in [0.15, 0.2) is 11.6 Å². The van der Waals surface area contributed by atoms with Crippen LogP contribution < -0.4 is 0 Å². The molecule has 0 aliphatic rings. The fraction of sp³-hybridized carbons (Fsp3) is 0.103. The van der Waals surface area contributed by atoms with E-state index in [0.29, 0.717) is 22.3 Å². The Bertz CT molecular complexity index is 1050. The van der Waals surface area contributed by atoms with E-state index in [4.69, 9.17) is 0 Å². The fourth-order valence-electron chi connectivity index (χ4n) is 3.65. The standard InChI is InChI=1S/C29H24O2/c30-28(24-10-3-1-4-11-24)26-18-14-22(15-19-26)8-7-9-23-16-20-27(21-17-23)29(31)25-12-5-2-6-13-25/h1-6,10-21H,7-9H2. The van der Waals surface area contributed by atoms with Gasteiger partial charge in [-0.05, 0) is 30.4 Å². The number of carbonyl (C=O) groups is 2. The zero-order valence-electron chi connectivity index (χ0n) is 17.3. The van der Waals surface area contributed by atoms with E-state index in [0.717, 1.165) is 19.3 Å². The van der Waals surface area contributed by atoms with Crippen LogP contribution in [0.5, 0.6) is 0 Å². The van der Waals surface area contributed by atoms with Gasteiger partial charge in [0.1, 0.15) is 0 Å². The van der Waals surface area contributed by atoms with Crippen molar-refractivity contribution < 1.29 is 9.59 Å². The van der Waals surface area contributed by atoms with Crippen LogP contribution in [0.1, 0.15) is 49.4 Å². The second-order valence-electron chi connectivity index (χ2n) is 7.64. The lowest BCUT2D eigenvalue weighted by Gasteiger charge is -2.06. The molecule has 0 spiro atoms. The van der Waals surface area contributed by atoms with Gasteiger partial charge in [0, 0.05) is 22.3 Å². The van der Waals surface area contributed by atoms with Crippen molar-refractivity contribution in [1.82, 2.24) is 0 Å². The van der Waals surface area contributed by atoms with E-state index in [2.05, 4.69) is 0 Å². The topological polar surface area (TPSA) is 34.1 Å². The van der Waals surface area contributed by atoms with E-state index < -0.39 is 0 Å². The molecule has 152 valence electrons. The van der Waals surface area contributed by atoms with Crippen molar-refractivity contribution in [2.75, 3.05) is 0 Å². The molecule has 4 aromatic rings. The minimum absolute atomic E-state index is 0.0530. The largest absolute Gasteiger partial charge is 0.289 e. The Labute approximate surface area is 183 Å². The molecule has 31 heavy (non-hydrogen) atoms. The molecular weight excluding hydrogens is 380 g/mol. The van der Waals surface area contributed by atoms with Crippen LogP contribution in [0.15, 0.2) is 109 Å². The van der Waals surface area contributed by atoms with Crippen molar-refractivity contribution in [2.24, 2.45) is 0 Å². The molecule has 2 heteroatoms. The van der Waals surface area contributed by atoms with Crippen LogP contribution in [0, 0.1) is 0 Å². The van der Waals surface area contributed by atoms with Gasteiger partial charge < -0.3 is 0 Å². The highest BCUT2D eigenvalue weighted by atomic mass is 16.1. The average molecular weight is 405 g/mol. The van der Waals surface area contributed by atoms with Crippen LogP contribution in [0.2, 0.25) is 0 Å². The molecule has 0 amide bonds. The summed E-state index contributed by atoms with van der Waals surface area (Å²) in [5.41, 5.74) is 5.30. The van der Waals surface area contributed by atoms with Crippen LogP contribution in [0.4, 0.5) is 0 Å². The summed E-state index contributed by atoms with van der Waals surface area (Å²) in [7, 11) is 0. The maximum absolute atomic E-state index is 12.5. The first kappa shape index (κ1) is 20.5. The molecule has 2 nitrogen and oxygen atoms in total. The number of hydrogen-bond acceptors (Lipinski definition) is 2. The van der Waals surface area contributed by atoms with Gasteiger partial charge >= 0.3 is 0 Å². The molecule has 4 aromatic carbocycles. The summed E-state index contributed by atoms with van der Waals surface area (Å²) in [6.07, 6.45) is 2.91. The molecule has 0 radical (unpaired) electrons. The Kier molecular flexibility index (Phi) is 6.49. The molecule has 0 saturated heterocycles. The van der Waals surface area contributed by atoms with Crippen molar-refractivity contribution in [3.8, 4) is 0 Å². The lowest BCUT2D eigenvalue weighted by Crippen LogP contribution is -2.01. The van der Waals surface area contributed by atoms with E-state index in [9.17, 15) is 9.59 Å². The number of rotatable bonds is 8. The smallest absolute Gasteiger partial charge is 0.193 e. The third kappa shape index (κ3) is 5.23. The first-order valence-electron chi connectivity index (χ1n) is 10.6. The van der Waals surface area contributed by atoms with Gasteiger partial charge in [0.25, 0.3) is 0 Å². The summed E-state index contributed by atoms with van der Waals surface area (Å²) in [4.78, 5) is 25.0. The highest BCUT2D eigenvalue weighted by Gasteiger charge is 2.09. The van der Waals surface area contributed by atoms with E-state index >= 15 is 0 Å². The Morgan fingerprint density at radius 2 is 0.742 bits per heavy atom. The lowest BCUT2D eigenvalue weighted by atomic mass is 9.98. The zero-order chi connectivity index (χ0) is 21.5. The van der Waals surface area contributed by atoms with Crippen molar-refractivity contribution in [3.05, 3.63) is 143 Å². The molecule has 0 aromatic heterocycles. The number of carbonyl (C=O) groups excluding carboxylic acids is 2. The monoisotopic (exact) mass is 404 g/mol. The predicted octanol–water partition coefficient (Wildman–Crippen LogP) is 6.32. The van der Waals surface area contributed by atoms with E-state index in [-0.39, 0.29) is 11.6 Å². The maximum Gasteiger partial charge on any atom is 0.193 e. The molecule has 0 aliphatic heterocycles. The SMILES string of the molecule is O=C(c1ccccc1)c1ccc(CCCc2ccc(C(=O)c3ccccc3)cc2)cc1. The second kappa shape index (κ2) is 9.82. The lowest BCUT2D eigenvalue weighted by molar-refractivity contribution is 0.103. The first-order chi connectivity index (χ1) is 15.2. The molecule has 0 fully saturated rings. The van der Waals surface area contributed by atoms with Crippen LogP contribution in [0.3, 0.4) is 0 Å². The molecule has 0 heterocycles. The summed E-state index contributed by atoms with van der Waals surface area (Å²) in [5, 5.41) is 0. The van der Waals surface area contributed by atoms with Crippen LogP contribution in [-0.4, -0.2) is 11.6 Å². The Morgan fingerprint density at radius 1 is 0.419 bits per heavy atom. The molecule has 0 atom stereocenters. The minimum atomic E-state index is 0.0530. The summed E-state index contributed by atoms with van der Waals surface area (Å²) in [5.74, 6) is 0.106. The van der Waals surface area contributed by atoms with Crippen molar-refractivity contribution >= 4 is 11.6 Å². The quantitative estimate of drug-likeness (QED) is 0.322. The van der Waals surface area contributed by atoms with Gasteiger partial charge in [-0.2, -0.15) is 0 Å². The third-order valence-electron chi connectivity index (χ3n) is 5.44. The van der Waals surface area contributed by atoms with Crippen LogP contribution in [-0.2, 0) is 12.8 Å². The third-order valence-corrected chi connectivity index (χ3v) is 5.44. The molecule has 0 unspecified atom stereocenters. The number of ketones is 2. The highest BCUT2D eigenvalue weighted by Crippen LogP contribution is 2.15. The van der Waals surface area contributed by atoms with E-state index in [1.807, 2.05) is 109 Å². The molecule has 0 aliphatic carbocycles. The van der Waals surface area contributed by atoms with Crippen LogP contribution >= 0.6 is 0 Å². The number of benzene rings is 4. The predicted molar refractivity (Wildman–Crippen MR) is 125 cm³/mol. The molecule has 0 saturated carbocycles. The summed E-state index contributed by atoms with van der Waals surface area (Å²) >= 11 is 0. The molecule has 4 rings (SSSR count). The fourth-order valence-corrected chi connectivity index (χ4v) is 3.65. The normalized spacial score (nSPS) is 10.6. The van der Waals surface area contributed by atoms with Gasteiger partial charge in [-0.3, -0.25) is 9.59 Å². The van der Waals surface area contributed by atoms with Crippen molar-refractivity contribution in [2.45, 2.75) is 19.3 Å². The van der Waals surface area contributed by atoms with E-state index in [1.165, 1.54) is 11.1 Å². The molecular formula is C29H24O2. The number of aryl methyl sites for hydroxylation is 2. The minimum Gasteiger partial charge on any atom is -0.289 e. The van der Waals surface area contributed by atoms with Gasteiger partial charge in [0.05, 0.1) is 0 Å². The first-order valence-corrected chi connectivity index (χ1v) is 10.6. The van der Waals surface area contributed by atoms with Crippen molar-refractivity contribution in [1.29, 1.82) is 0 Å². The van der Waals surface area contributed by atoms with Gasteiger partial charge in [-0.1, -0.05) is 109 Å². The van der Waals surface area contributed by atoms with Crippen molar-refractivity contribution in [3.63, 3.8) is 0 Å². The Morgan fingerprint density at radius 3 is 1.10 bits per heavy atom. The van der Waals surface area contributed by atoms with E-state index in [1.54, 1.807) is 0 Å². The Balaban J connectivity index is 1.30. The number of hydrogen-bond donors (Lipinski definition) is 0. The summed E-state index contributed by atoms with van der Waals surface area (Å²) in [6, 6.07) is 34.5.